The minimum Gasteiger partial charge on any atom is -0.493 e. The lowest BCUT2D eigenvalue weighted by Gasteiger charge is -2.21. The smallest absolute Gasteiger partial charge is 0.229 e. The molecule has 0 fully saturated rings. The van der Waals surface area contributed by atoms with Gasteiger partial charge in [-0.3, -0.25) is 9.62 Å². The molecule has 0 atom stereocenters. The predicted molar refractivity (Wildman–Crippen MR) is 123 cm³/mol. The van der Waals surface area contributed by atoms with E-state index in [0.29, 0.717) is 18.0 Å². The second-order valence-electron chi connectivity index (χ2n) is 6.62. The molecule has 0 spiro atoms. The highest BCUT2D eigenvalue weighted by atomic mass is 35.5. The lowest BCUT2D eigenvalue weighted by atomic mass is 10.1. The number of anilines is 1. The van der Waals surface area contributed by atoms with E-state index in [1.807, 2.05) is 12.1 Å². The molecule has 0 aliphatic heterocycles. The molecule has 0 saturated carbocycles. The molecule has 0 aliphatic carbocycles. The molecule has 0 amide bonds. The fourth-order valence-corrected chi connectivity index (χ4v) is 3.44. The number of sulfonamides is 1. The second kappa shape index (κ2) is 12.5. The summed E-state index contributed by atoms with van der Waals surface area (Å²) in [5.41, 5.74) is 1.71. The van der Waals surface area contributed by atoms with Crippen molar-refractivity contribution in [3.63, 3.8) is 0 Å². The highest BCUT2D eigenvalue weighted by Gasteiger charge is 2.08. The number of methoxy groups -OCH3 is 2. The van der Waals surface area contributed by atoms with Crippen LogP contribution < -0.4 is 18.9 Å². The third kappa shape index (κ3) is 8.69. The zero-order chi connectivity index (χ0) is 21.3. The number of ether oxygens (including phenoxy) is 3. The molecular formula is C21H31ClN2O5S. The van der Waals surface area contributed by atoms with Crippen LogP contribution >= 0.6 is 12.4 Å². The number of hydrogen-bond acceptors (Lipinski definition) is 6. The molecule has 0 saturated heterocycles. The molecule has 1 N–H and O–H groups in total. The summed E-state index contributed by atoms with van der Waals surface area (Å²) < 4.78 is 41.3. The van der Waals surface area contributed by atoms with Crippen molar-refractivity contribution in [3.8, 4) is 17.2 Å². The Kier molecular flexibility index (Phi) is 10.8. The van der Waals surface area contributed by atoms with Crippen LogP contribution in [0.3, 0.4) is 0 Å². The Morgan fingerprint density at radius 2 is 1.63 bits per heavy atom. The van der Waals surface area contributed by atoms with Gasteiger partial charge in [-0.05, 0) is 54.9 Å². The summed E-state index contributed by atoms with van der Waals surface area (Å²) in [6.07, 6.45) is 2.03. The Bertz CT molecular complexity index is 875. The minimum absolute atomic E-state index is 0. The standard InChI is InChI=1S/C21H30N2O5S.ClH/c1-5-23(13-12-17-6-11-20(26-2)21(16-17)27-3)14-15-28-19-9-7-18(8-10-19)22-29(4,24)25;/h6-11,16,22H,5,12-15H2,1-4H3;1H. The van der Waals surface area contributed by atoms with Crippen molar-refractivity contribution in [2.75, 3.05) is 51.4 Å². The van der Waals surface area contributed by atoms with Gasteiger partial charge in [0.25, 0.3) is 0 Å². The molecule has 0 heterocycles. The quantitative estimate of drug-likeness (QED) is 0.525. The third-order valence-corrected chi connectivity index (χ3v) is 5.05. The summed E-state index contributed by atoms with van der Waals surface area (Å²) in [6.45, 7) is 5.31. The van der Waals surface area contributed by atoms with Gasteiger partial charge in [-0.1, -0.05) is 13.0 Å². The van der Waals surface area contributed by atoms with Crippen LogP contribution in [0.2, 0.25) is 0 Å². The normalized spacial score (nSPS) is 11.0. The first kappa shape index (κ1) is 25.9. The first-order valence-corrected chi connectivity index (χ1v) is 11.4. The third-order valence-electron chi connectivity index (χ3n) is 4.45. The molecule has 0 aromatic heterocycles. The average molecular weight is 459 g/mol. The molecule has 9 heteroatoms. The van der Waals surface area contributed by atoms with E-state index in [2.05, 4.69) is 22.6 Å². The maximum atomic E-state index is 11.2. The van der Waals surface area contributed by atoms with Gasteiger partial charge in [-0.15, -0.1) is 12.4 Å². The topological polar surface area (TPSA) is 77.1 Å². The fraction of sp³-hybridized carbons (Fsp3) is 0.429. The van der Waals surface area contributed by atoms with Crippen molar-refractivity contribution in [3.05, 3.63) is 48.0 Å². The van der Waals surface area contributed by atoms with Crippen molar-refractivity contribution in [1.82, 2.24) is 4.90 Å². The first-order valence-electron chi connectivity index (χ1n) is 9.48. The summed E-state index contributed by atoms with van der Waals surface area (Å²) in [7, 11) is -0.000673. The van der Waals surface area contributed by atoms with Gasteiger partial charge < -0.3 is 14.2 Å². The lowest BCUT2D eigenvalue weighted by Crippen LogP contribution is -2.30. The van der Waals surface area contributed by atoms with Crippen LogP contribution in [-0.2, 0) is 16.4 Å². The Hall–Kier alpha value is -2.16. The SMILES string of the molecule is CCN(CCOc1ccc(NS(C)(=O)=O)cc1)CCc1ccc(OC)c(OC)c1.Cl. The van der Waals surface area contributed by atoms with Gasteiger partial charge in [0.15, 0.2) is 11.5 Å². The Morgan fingerprint density at radius 1 is 0.967 bits per heavy atom. The number of nitrogens with one attached hydrogen (secondary N) is 1. The fourth-order valence-electron chi connectivity index (χ4n) is 2.88. The van der Waals surface area contributed by atoms with E-state index in [9.17, 15) is 8.42 Å². The number of benzene rings is 2. The number of halogens is 1. The monoisotopic (exact) mass is 458 g/mol. The van der Waals surface area contributed by atoms with Gasteiger partial charge in [-0.2, -0.15) is 0 Å². The number of likely N-dealkylation sites (N-methyl/N-ethyl adjacent to an activating group) is 1. The first-order chi connectivity index (χ1) is 13.8. The highest BCUT2D eigenvalue weighted by Crippen LogP contribution is 2.27. The Labute approximate surface area is 185 Å². The van der Waals surface area contributed by atoms with Crippen molar-refractivity contribution >= 4 is 28.1 Å². The van der Waals surface area contributed by atoms with Crippen LogP contribution in [0.25, 0.3) is 0 Å². The molecule has 0 unspecified atom stereocenters. The van der Waals surface area contributed by atoms with E-state index >= 15 is 0 Å². The largest absolute Gasteiger partial charge is 0.493 e. The maximum absolute atomic E-state index is 11.2. The number of nitrogens with zero attached hydrogens (tertiary/aromatic N) is 1. The van der Waals surface area contributed by atoms with Gasteiger partial charge >= 0.3 is 0 Å². The summed E-state index contributed by atoms with van der Waals surface area (Å²) in [6, 6.07) is 12.9. The van der Waals surface area contributed by atoms with Crippen LogP contribution in [-0.4, -0.2) is 60.0 Å². The molecule has 2 aromatic rings. The van der Waals surface area contributed by atoms with Crippen LogP contribution in [0.5, 0.6) is 17.2 Å². The summed E-state index contributed by atoms with van der Waals surface area (Å²) in [5, 5.41) is 0. The molecule has 0 radical (unpaired) electrons. The summed E-state index contributed by atoms with van der Waals surface area (Å²) in [4.78, 5) is 2.32. The van der Waals surface area contributed by atoms with Crippen molar-refractivity contribution in [1.29, 1.82) is 0 Å². The van der Waals surface area contributed by atoms with Gasteiger partial charge in [-0.25, -0.2) is 8.42 Å². The molecular weight excluding hydrogens is 428 g/mol. The molecule has 2 rings (SSSR count). The van der Waals surface area contributed by atoms with E-state index in [4.69, 9.17) is 14.2 Å². The van der Waals surface area contributed by atoms with Gasteiger partial charge in [0.1, 0.15) is 12.4 Å². The number of rotatable bonds is 12. The van der Waals surface area contributed by atoms with Crippen molar-refractivity contribution in [2.45, 2.75) is 13.3 Å². The molecule has 30 heavy (non-hydrogen) atoms. The molecule has 2 aromatic carbocycles. The van der Waals surface area contributed by atoms with Gasteiger partial charge in [0, 0.05) is 18.8 Å². The van der Waals surface area contributed by atoms with Crippen LogP contribution in [0.4, 0.5) is 5.69 Å². The van der Waals surface area contributed by atoms with E-state index in [1.165, 1.54) is 5.56 Å². The zero-order valence-corrected chi connectivity index (χ0v) is 19.5. The summed E-state index contributed by atoms with van der Waals surface area (Å²) in [5.74, 6) is 2.18. The van der Waals surface area contributed by atoms with E-state index in [0.717, 1.165) is 43.8 Å². The number of hydrogen-bond donors (Lipinski definition) is 1. The molecule has 7 nitrogen and oxygen atoms in total. The highest BCUT2D eigenvalue weighted by molar-refractivity contribution is 7.92. The Balaban J connectivity index is 0.00000450. The van der Waals surface area contributed by atoms with E-state index in [-0.39, 0.29) is 12.4 Å². The minimum atomic E-state index is -3.27. The molecule has 168 valence electrons. The lowest BCUT2D eigenvalue weighted by molar-refractivity contribution is 0.217. The van der Waals surface area contributed by atoms with Crippen molar-refractivity contribution in [2.24, 2.45) is 0 Å². The van der Waals surface area contributed by atoms with Gasteiger partial charge in [0.2, 0.25) is 10.0 Å². The Morgan fingerprint density at radius 3 is 2.20 bits per heavy atom. The van der Waals surface area contributed by atoms with E-state index in [1.54, 1.807) is 38.5 Å². The van der Waals surface area contributed by atoms with Crippen molar-refractivity contribution < 1.29 is 22.6 Å². The van der Waals surface area contributed by atoms with Crippen LogP contribution in [0, 0.1) is 0 Å². The average Bonchev–Trinajstić information content (AvgIpc) is 2.70. The predicted octanol–water partition coefficient (Wildman–Crippen LogP) is 3.44. The molecule has 0 aliphatic rings. The maximum Gasteiger partial charge on any atom is 0.229 e. The van der Waals surface area contributed by atoms with Gasteiger partial charge in [0.05, 0.1) is 20.5 Å². The van der Waals surface area contributed by atoms with Crippen LogP contribution in [0.1, 0.15) is 12.5 Å². The summed E-state index contributed by atoms with van der Waals surface area (Å²) >= 11 is 0. The molecule has 0 bridgehead atoms. The van der Waals surface area contributed by atoms with Crippen LogP contribution in [0.15, 0.2) is 42.5 Å². The van der Waals surface area contributed by atoms with E-state index < -0.39 is 10.0 Å². The second-order valence-corrected chi connectivity index (χ2v) is 8.37. The zero-order valence-electron chi connectivity index (χ0n) is 17.9.